The highest BCUT2D eigenvalue weighted by Gasteiger charge is 2.10. The van der Waals surface area contributed by atoms with Crippen LogP contribution in [0.4, 0.5) is 0 Å². The van der Waals surface area contributed by atoms with Crippen molar-refractivity contribution >= 4 is 23.2 Å². The zero-order chi connectivity index (χ0) is 14.3. The molecule has 7 heteroatoms. The summed E-state index contributed by atoms with van der Waals surface area (Å²) in [5.74, 6) is -0.134. The van der Waals surface area contributed by atoms with Gasteiger partial charge in [-0.15, -0.1) is 11.3 Å². The molecule has 0 radical (unpaired) electrons. The lowest BCUT2D eigenvalue weighted by molar-refractivity contribution is -0.128. The predicted molar refractivity (Wildman–Crippen MR) is 75.1 cm³/mol. The van der Waals surface area contributed by atoms with Crippen molar-refractivity contribution < 1.29 is 9.59 Å². The summed E-state index contributed by atoms with van der Waals surface area (Å²) < 4.78 is 0. The van der Waals surface area contributed by atoms with Gasteiger partial charge >= 0.3 is 0 Å². The Morgan fingerprint density at radius 2 is 2.21 bits per heavy atom. The van der Waals surface area contributed by atoms with E-state index >= 15 is 0 Å². The summed E-state index contributed by atoms with van der Waals surface area (Å²) in [6.45, 7) is 1.00. The van der Waals surface area contributed by atoms with Crippen LogP contribution in [0.2, 0.25) is 0 Å². The molecule has 1 aromatic rings. The van der Waals surface area contributed by atoms with Gasteiger partial charge in [0.25, 0.3) is 5.91 Å². The first-order valence-corrected chi connectivity index (χ1v) is 7.05. The van der Waals surface area contributed by atoms with Crippen molar-refractivity contribution in [3.8, 4) is 0 Å². The summed E-state index contributed by atoms with van der Waals surface area (Å²) >= 11 is 1.44. The number of thiazole rings is 1. The lowest BCUT2D eigenvalue weighted by Crippen LogP contribution is -2.27. The van der Waals surface area contributed by atoms with E-state index in [1.165, 1.54) is 11.3 Å². The van der Waals surface area contributed by atoms with E-state index in [2.05, 4.69) is 10.3 Å². The topological polar surface area (TPSA) is 88.3 Å². The van der Waals surface area contributed by atoms with E-state index < -0.39 is 0 Å². The van der Waals surface area contributed by atoms with Gasteiger partial charge in [0.2, 0.25) is 5.91 Å². The highest BCUT2D eigenvalue weighted by Crippen LogP contribution is 2.09. The molecule has 0 aliphatic heterocycles. The Hall–Kier alpha value is -1.47. The van der Waals surface area contributed by atoms with Crippen LogP contribution in [0.1, 0.15) is 28.3 Å². The third-order valence-electron chi connectivity index (χ3n) is 2.49. The molecule has 0 aliphatic rings. The van der Waals surface area contributed by atoms with Crippen molar-refractivity contribution in [3.05, 3.63) is 16.1 Å². The molecule has 0 spiro atoms. The zero-order valence-corrected chi connectivity index (χ0v) is 12.1. The van der Waals surface area contributed by atoms with E-state index in [0.717, 1.165) is 5.01 Å². The molecule has 0 fully saturated rings. The number of carbonyl (C=O) groups excluding carboxylic acids is 2. The molecule has 0 aliphatic carbocycles. The van der Waals surface area contributed by atoms with Crippen LogP contribution in [-0.4, -0.2) is 48.9 Å². The van der Waals surface area contributed by atoms with Crippen LogP contribution in [0.3, 0.4) is 0 Å². The fourth-order valence-corrected chi connectivity index (χ4v) is 2.20. The van der Waals surface area contributed by atoms with Gasteiger partial charge in [0.05, 0.1) is 5.01 Å². The summed E-state index contributed by atoms with van der Waals surface area (Å²) in [5.41, 5.74) is 5.85. The van der Waals surface area contributed by atoms with E-state index in [0.29, 0.717) is 38.0 Å². The van der Waals surface area contributed by atoms with Gasteiger partial charge < -0.3 is 16.0 Å². The van der Waals surface area contributed by atoms with E-state index in [-0.39, 0.29) is 11.8 Å². The SMILES string of the molecule is CN(C)C(=O)CCCNC(=O)c1csc(CCN)n1. The molecule has 19 heavy (non-hydrogen) atoms. The maximum absolute atomic E-state index is 11.7. The lowest BCUT2D eigenvalue weighted by Gasteiger charge is -2.09. The molecule has 0 saturated heterocycles. The molecule has 1 heterocycles. The smallest absolute Gasteiger partial charge is 0.270 e. The maximum atomic E-state index is 11.7. The molecule has 0 unspecified atom stereocenters. The maximum Gasteiger partial charge on any atom is 0.270 e. The number of hydrogen-bond acceptors (Lipinski definition) is 5. The van der Waals surface area contributed by atoms with Gasteiger partial charge in [-0.3, -0.25) is 9.59 Å². The Kier molecular flexibility index (Phi) is 6.44. The van der Waals surface area contributed by atoms with E-state index in [1.54, 1.807) is 24.4 Å². The molecule has 2 amide bonds. The second-order valence-corrected chi connectivity index (χ2v) is 5.26. The number of aromatic nitrogens is 1. The zero-order valence-electron chi connectivity index (χ0n) is 11.3. The second-order valence-electron chi connectivity index (χ2n) is 4.31. The quantitative estimate of drug-likeness (QED) is 0.702. The van der Waals surface area contributed by atoms with Crippen LogP contribution in [-0.2, 0) is 11.2 Å². The fourth-order valence-electron chi connectivity index (χ4n) is 1.41. The fraction of sp³-hybridized carbons (Fsp3) is 0.583. The minimum absolute atomic E-state index is 0.0631. The number of hydrogen-bond donors (Lipinski definition) is 2. The summed E-state index contributed by atoms with van der Waals surface area (Å²) in [7, 11) is 3.43. The molecule has 0 atom stereocenters. The predicted octanol–water partition coefficient (Wildman–Crippen LogP) is 0.243. The summed E-state index contributed by atoms with van der Waals surface area (Å²) in [4.78, 5) is 28.8. The van der Waals surface area contributed by atoms with Crippen LogP contribution in [0.25, 0.3) is 0 Å². The highest BCUT2D eigenvalue weighted by molar-refractivity contribution is 7.09. The first-order chi connectivity index (χ1) is 9.04. The average molecular weight is 284 g/mol. The number of nitrogens with one attached hydrogen (secondary N) is 1. The number of carbonyl (C=O) groups is 2. The van der Waals surface area contributed by atoms with Gasteiger partial charge in [0.1, 0.15) is 5.69 Å². The summed E-state index contributed by atoms with van der Waals surface area (Å²) in [6.07, 6.45) is 1.75. The Labute approximate surface area is 117 Å². The highest BCUT2D eigenvalue weighted by atomic mass is 32.1. The Morgan fingerprint density at radius 3 is 2.84 bits per heavy atom. The monoisotopic (exact) mass is 284 g/mol. The van der Waals surface area contributed by atoms with Gasteiger partial charge in [-0.1, -0.05) is 0 Å². The molecular weight excluding hydrogens is 264 g/mol. The van der Waals surface area contributed by atoms with Gasteiger partial charge in [0, 0.05) is 38.9 Å². The van der Waals surface area contributed by atoms with Crippen molar-refractivity contribution in [2.45, 2.75) is 19.3 Å². The Balaban J connectivity index is 2.29. The number of amides is 2. The molecular formula is C12H20N4O2S. The average Bonchev–Trinajstić information content (AvgIpc) is 2.83. The van der Waals surface area contributed by atoms with E-state index in [9.17, 15) is 9.59 Å². The third kappa shape index (κ3) is 5.35. The number of rotatable bonds is 7. The molecule has 1 aromatic heterocycles. The molecule has 0 saturated carbocycles. The third-order valence-corrected chi connectivity index (χ3v) is 3.40. The molecule has 0 bridgehead atoms. The van der Waals surface area contributed by atoms with E-state index in [4.69, 9.17) is 5.73 Å². The molecule has 106 valence electrons. The van der Waals surface area contributed by atoms with Crippen molar-refractivity contribution in [2.24, 2.45) is 5.73 Å². The normalized spacial score (nSPS) is 10.3. The van der Waals surface area contributed by atoms with Gasteiger partial charge in [0.15, 0.2) is 0 Å². The van der Waals surface area contributed by atoms with Gasteiger partial charge in [-0.05, 0) is 13.0 Å². The summed E-state index contributed by atoms with van der Waals surface area (Å²) in [6, 6.07) is 0. The van der Waals surface area contributed by atoms with Crippen molar-refractivity contribution in [3.63, 3.8) is 0 Å². The van der Waals surface area contributed by atoms with Crippen molar-refractivity contribution in [2.75, 3.05) is 27.2 Å². The standard InChI is InChI=1S/C12H20N4O2S/c1-16(2)11(17)4-3-7-14-12(18)9-8-19-10(15-9)5-6-13/h8H,3-7,13H2,1-2H3,(H,14,18). The van der Waals surface area contributed by atoms with Gasteiger partial charge in [-0.2, -0.15) is 0 Å². The first kappa shape index (κ1) is 15.6. The Morgan fingerprint density at radius 1 is 1.47 bits per heavy atom. The molecule has 1 rings (SSSR count). The second kappa shape index (κ2) is 7.85. The Bertz CT molecular complexity index is 431. The molecule has 0 aromatic carbocycles. The number of nitrogens with zero attached hydrogens (tertiary/aromatic N) is 2. The lowest BCUT2D eigenvalue weighted by atomic mass is 10.3. The van der Waals surface area contributed by atoms with Crippen LogP contribution in [0, 0.1) is 0 Å². The minimum Gasteiger partial charge on any atom is -0.351 e. The minimum atomic E-state index is -0.197. The van der Waals surface area contributed by atoms with Crippen LogP contribution >= 0.6 is 11.3 Å². The van der Waals surface area contributed by atoms with Gasteiger partial charge in [-0.25, -0.2) is 4.98 Å². The largest absolute Gasteiger partial charge is 0.351 e. The molecule has 6 nitrogen and oxygen atoms in total. The van der Waals surface area contributed by atoms with Crippen molar-refractivity contribution in [1.29, 1.82) is 0 Å². The van der Waals surface area contributed by atoms with Crippen molar-refractivity contribution in [1.82, 2.24) is 15.2 Å². The van der Waals surface area contributed by atoms with Crippen LogP contribution in [0.5, 0.6) is 0 Å². The van der Waals surface area contributed by atoms with Crippen LogP contribution in [0.15, 0.2) is 5.38 Å². The van der Waals surface area contributed by atoms with Crippen LogP contribution < -0.4 is 11.1 Å². The molecule has 3 N–H and O–H groups in total. The van der Waals surface area contributed by atoms with E-state index in [1.807, 2.05) is 0 Å². The summed E-state index contributed by atoms with van der Waals surface area (Å²) in [5, 5.41) is 5.35. The first-order valence-electron chi connectivity index (χ1n) is 6.17. The number of nitrogens with two attached hydrogens (primary N) is 1.